The van der Waals surface area contributed by atoms with Crippen LogP contribution in [0.15, 0.2) is 18.3 Å². The first-order chi connectivity index (χ1) is 7.03. The molecule has 15 heavy (non-hydrogen) atoms. The van der Waals surface area contributed by atoms with Crippen LogP contribution in [-0.2, 0) is 13.1 Å². The van der Waals surface area contributed by atoms with E-state index in [1.54, 1.807) is 0 Å². The molecule has 1 heterocycles. The van der Waals surface area contributed by atoms with Crippen molar-refractivity contribution in [3.63, 3.8) is 0 Å². The van der Waals surface area contributed by atoms with Gasteiger partial charge in [-0.05, 0) is 39.3 Å². The highest BCUT2D eigenvalue weighted by Gasteiger charge is 2.09. The molecular formula is C12H22N2O. The maximum atomic E-state index is 8.79. The maximum absolute atomic E-state index is 8.79. The molecule has 3 heteroatoms. The number of hydrogen-bond acceptors (Lipinski definition) is 2. The third kappa shape index (κ3) is 4.49. The van der Waals surface area contributed by atoms with Crippen LogP contribution in [0.3, 0.4) is 0 Å². The molecule has 0 aliphatic rings. The van der Waals surface area contributed by atoms with Gasteiger partial charge in [-0.25, -0.2) is 0 Å². The van der Waals surface area contributed by atoms with Crippen LogP contribution >= 0.6 is 0 Å². The summed E-state index contributed by atoms with van der Waals surface area (Å²) in [6, 6.07) is 4.17. The minimum Gasteiger partial charge on any atom is -0.396 e. The van der Waals surface area contributed by atoms with Gasteiger partial charge in [-0.2, -0.15) is 0 Å². The molecule has 3 nitrogen and oxygen atoms in total. The van der Waals surface area contributed by atoms with Gasteiger partial charge in [0.05, 0.1) is 0 Å². The average Bonchev–Trinajstić information content (AvgIpc) is 2.57. The summed E-state index contributed by atoms with van der Waals surface area (Å²) in [5.74, 6) is 0. The van der Waals surface area contributed by atoms with Gasteiger partial charge in [-0.3, -0.25) is 0 Å². The van der Waals surface area contributed by atoms with Crippen molar-refractivity contribution in [2.24, 2.45) is 0 Å². The van der Waals surface area contributed by atoms with E-state index in [-0.39, 0.29) is 12.1 Å². The molecule has 0 aromatic carbocycles. The number of hydrogen-bond donors (Lipinski definition) is 2. The van der Waals surface area contributed by atoms with E-state index in [4.69, 9.17) is 5.11 Å². The van der Waals surface area contributed by atoms with Gasteiger partial charge >= 0.3 is 0 Å². The summed E-state index contributed by atoms with van der Waals surface area (Å²) in [4.78, 5) is 0. The molecule has 0 amide bonds. The molecule has 86 valence electrons. The van der Waals surface area contributed by atoms with Gasteiger partial charge in [-0.15, -0.1) is 0 Å². The van der Waals surface area contributed by atoms with E-state index in [1.165, 1.54) is 5.69 Å². The number of nitrogens with one attached hydrogen (secondary N) is 1. The van der Waals surface area contributed by atoms with Crippen molar-refractivity contribution in [2.45, 2.75) is 45.8 Å². The average molecular weight is 210 g/mol. The molecule has 0 fully saturated rings. The Balaban J connectivity index is 2.50. The molecule has 0 aliphatic carbocycles. The molecule has 1 rings (SSSR count). The van der Waals surface area contributed by atoms with Crippen LogP contribution in [0.2, 0.25) is 0 Å². The van der Waals surface area contributed by atoms with Gasteiger partial charge in [-0.1, -0.05) is 0 Å². The predicted octanol–water partition coefficient (Wildman–Crippen LogP) is 1.76. The minimum atomic E-state index is 0.145. The Hall–Kier alpha value is -0.800. The van der Waals surface area contributed by atoms with E-state index in [1.807, 2.05) is 0 Å². The zero-order chi connectivity index (χ0) is 11.3. The third-order valence-corrected chi connectivity index (χ3v) is 2.28. The highest BCUT2D eigenvalue weighted by molar-refractivity contribution is 5.07. The second-order valence-corrected chi connectivity index (χ2v) is 4.87. The SMILES string of the molecule is CC(C)(C)NCc1cccn1CCCO. The molecular weight excluding hydrogens is 188 g/mol. The van der Waals surface area contributed by atoms with E-state index in [0.29, 0.717) is 0 Å². The zero-order valence-corrected chi connectivity index (χ0v) is 9.95. The lowest BCUT2D eigenvalue weighted by molar-refractivity contribution is 0.278. The first-order valence-electron chi connectivity index (χ1n) is 5.53. The van der Waals surface area contributed by atoms with Gasteiger partial charge in [0.15, 0.2) is 0 Å². The quantitative estimate of drug-likeness (QED) is 0.777. The van der Waals surface area contributed by atoms with E-state index in [0.717, 1.165) is 19.5 Å². The fourth-order valence-corrected chi connectivity index (χ4v) is 1.42. The van der Waals surface area contributed by atoms with Gasteiger partial charge in [0.2, 0.25) is 0 Å². The largest absolute Gasteiger partial charge is 0.396 e. The Morgan fingerprint density at radius 3 is 2.73 bits per heavy atom. The second-order valence-electron chi connectivity index (χ2n) is 4.87. The number of aryl methyl sites for hydroxylation is 1. The lowest BCUT2D eigenvalue weighted by Crippen LogP contribution is -2.35. The van der Waals surface area contributed by atoms with Crippen molar-refractivity contribution < 1.29 is 5.11 Å². The van der Waals surface area contributed by atoms with Crippen molar-refractivity contribution in [1.29, 1.82) is 0 Å². The molecule has 0 aliphatic heterocycles. The van der Waals surface area contributed by atoms with Crippen molar-refractivity contribution in [3.05, 3.63) is 24.0 Å². The van der Waals surface area contributed by atoms with E-state index in [2.05, 4.69) is 49.0 Å². The first kappa shape index (κ1) is 12.3. The van der Waals surface area contributed by atoms with Crippen molar-refractivity contribution in [2.75, 3.05) is 6.61 Å². The molecule has 1 aromatic heterocycles. The van der Waals surface area contributed by atoms with Crippen LogP contribution in [0.1, 0.15) is 32.9 Å². The van der Waals surface area contributed by atoms with E-state index in [9.17, 15) is 0 Å². The monoisotopic (exact) mass is 210 g/mol. The lowest BCUT2D eigenvalue weighted by atomic mass is 10.1. The number of aromatic nitrogens is 1. The minimum absolute atomic E-state index is 0.145. The number of aliphatic hydroxyl groups excluding tert-OH is 1. The van der Waals surface area contributed by atoms with Crippen LogP contribution in [-0.4, -0.2) is 21.8 Å². The summed E-state index contributed by atoms with van der Waals surface area (Å²) < 4.78 is 2.19. The number of rotatable bonds is 5. The van der Waals surface area contributed by atoms with Gasteiger partial charge in [0, 0.05) is 37.1 Å². The van der Waals surface area contributed by atoms with E-state index < -0.39 is 0 Å². The Morgan fingerprint density at radius 2 is 2.13 bits per heavy atom. The van der Waals surface area contributed by atoms with Gasteiger partial charge in [0.1, 0.15) is 0 Å². The highest BCUT2D eigenvalue weighted by Crippen LogP contribution is 2.06. The summed E-state index contributed by atoms with van der Waals surface area (Å²) in [6.07, 6.45) is 2.88. The smallest absolute Gasteiger partial charge is 0.0448 e. The molecule has 0 saturated carbocycles. The summed E-state index contributed by atoms with van der Waals surface area (Å²) in [5, 5.41) is 12.2. The van der Waals surface area contributed by atoms with Gasteiger partial charge in [0.25, 0.3) is 0 Å². The first-order valence-corrected chi connectivity index (χ1v) is 5.53. The number of nitrogens with zero attached hydrogens (tertiary/aromatic N) is 1. The van der Waals surface area contributed by atoms with Crippen LogP contribution in [0.4, 0.5) is 0 Å². The zero-order valence-electron chi connectivity index (χ0n) is 9.95. The highest BCUT2D eigenvalue weighted by atomic mass is 16.3. The fraction of sp³-hybridized carbons (Fsp3) is 0.667. The fourth-order valence-electron chi connectivity index (χ4n) is 1.42. The Kier molecular flexibility index (Phi) is 4.36. The summed E-state index contributed by atoms with van der Waals surface area (Å²) >= 11 is 0. The third-order valence-electron chi connectivity index (χ3n) is 2.28. The molecule has 0 radical (unpaired) electrons. The number of aliphatic hydroxyl groups is 1. The molecule has 2 N–H and O–H groups in total. The van der Waals surface area contributed by atoms with Crippen LogP contribution < -0.4 is 5.32 Å². The normalized spacial score (nSPS) is 12.0. The van der Waals surface area contributed by atoms with Crippen molar-refractivity contribution in [1.82, 2.24) is 9.88 Å². The molecule has 0 saturated heterocycles. The molecule has 0 bridgehead atoms. The molecule has 0 atom stereocenters. The van der Waals surface area contributed by atoms with Crippen molar-refractivity contribution in [3.8, 4) is 0 Å². The summed E-state index contributed by atoms with van der Waals surface area (Å²) in [6.45, 7) is 8.51. The van der Waals surface area contributed by atoms with Crippen LogP contribution in [0.25, 0.3) is 0 Å². The van der Waals surface area contributed by atoms with Crippen LogP contribution in [0, 0.1) is 0 Å². The molecule has 1 aromatic rings. The van der Waals surface area contributed by atoms with Crippen molar-refractivity contribution >= 4 is 0 Å². The Bertz CT molecular complexity index is 286. The maximum Gasteiger partial charge on any atom is 0.0448 e. The standard InChI is InChI=1S/C12H22N2O/c1-12(2,3)13-10-11-6-4-7-14(11)8-5-9-15/h4,6-7,13,15H,5,8-10H2,1-3H3. The lowest BCUT2D eigenvalue weighted by Gasteiger charge is -2.21. The second kappa shape index (κ2) is 5.33. The Morgan fingerprint density at radius 1 is 1.40 bits per heavy atom. The van der Waals surface area contributed by atoms with Crippen LogP contribution in [0.5, 0.6) is 0 Å². The summed E-state index contributed by atoms with van der Waals surface area (Å²) in [5.41, 5.74) is 1.42. The molecule has 0 unspecified atom stereocenters. The van der Waals surface area contributed by atoms with Gasteiger partial charge < -0.3 is 15.0 Å². The Labute approximate surface area is 92.1 Å². The molecule has 0 spiro atoms. The predicted molar refractivity (Wildman–Crippen MR) is 62.7 cm³/mol. The topological polar surface area (TPSA) is 37.2 Å². The summed E-state index contributed by atoms with van der Waals surface area (Å²) in [7, 11) is 0. The van der Waals surface area contributed by atoms with E-state index >= 15 is 0 Å².